The fraction of sp³-hybridized carbons (Fsp3) is 0.893. The van der Waals surface area contributed by atoms with Crippen LogP contribution in [0.25, 0.3) is 0 Å². The molecule has 0 nitrogen and oxygen atoms in total. The molecule has 1 radical (unpaired) electrons. The number of allylic oxidation sites excluding steroid dienone is 2. The minimum absolute atomic E-state index is 0.564. The Hall–Kier alpha value is 0.259. The van der Waals surface area contributed by atoms with Gasteiger partial charge in [0.1, 0.15) is 0 Å². The predicted molar refractivity (Wildman–Crippen MR) is 128 cm³/mol. The molecule has 165 valence electrons. The van der Waals surface area contributed by atoms with Crippen LogP contribution in [-0.4, -0.2) is 16.0 Å². The molecule has 4 rings (SSSR count). The topological polar surface area (TPSA) is 0 Å². The normalized spacial score (nSPS) is 43.5. The van der Waals surface area contributed by atoms with E-state index >= 15 is 0 Å². The standard InChI is InChI=1S/C28H47Se/c1-6-28-17-14-22(29)18-21(28)10-11-23-25-13-12-24(20(4)9-7-8-19(2)3)27(25,5)16-15-26(23)28/h10,19-20,23-26,29H,6-9,11-18H2,1-5H3/t20-,23+,24-,25+,26+,27-,28+/m1/s1. The van der Waals surface area contributed by atoms with Gasteiger partial charge in [-0.15, -0.1) is 0 Å². The Morgan fingerprint density at radius 2 is 1.86 bits per heavy atom. The molecule has 0 aromatic carbocycles. The summed E-state index contributed by atoms with van der Waals surface area (Å²) in [6.07, 6.45) is 20.1. The molecule has 7 atom stereocenters. The van der Waals surface area contributed by atoms with Crippen molar-refractivity contribution >= 4 is 16.0 Å². The fourth-order valence-corrected chi connectivity index (χ4v) is 9.57. The van der Waals surface area contributed by atoms with Gasteiger partial charge in [-0.2, -0.15) is 0 Å². The maximum atomic E-state index is 2.90. The van der Waals surface area contributed by atoms with Gasteiger partial charge in [-0.3, -0.25) is 0 Å². The SMILES string of the molecule is CC[C@]12CC[C]([SeH])CC1=CC[C@@H]1[C@@H]2CC[C@]2(C)[C@@H]([C@H](C)CCCC(C)C)CC[C@@H]12. The van der Waals surface area contributed by atoms with Crippen LogP contribution < -0.4 is 0 Å². The molecule has 0 bridgehead atoms. The third-order valence-corrected chi connectivity index (χ3v) is 11.3. The van der Waals surface area contributed by atoms with E-state index in [-0.39, 0.29) is 0 Å². The van der Waals surface area contributed by atoms with Gasteiger partial charge in [0, 0.05) is 0 Å². The van der Waals surface area contributed by atoms with E-state index in [0.29, 0.717) is 10.8 Å². The van der Waals surface area contributed by atoms with Crippen LogP contribution in [0.5, 0.6) is 0 Å². The molecule has 4 aliphatic rings. The molecule has 0 heterocycles. The third kappa shape index (κ3) is 3.84. The molecule has 3 fully saturated rings. The van der Waals surface area contributed by atoms with E-state index in [1.54, 1.807) is 4.82 Å². The van der Waals surface area contributed by atoms with Gasteiger partial charge in [-0.1, -0.05) is 20.3 Å². The summed E-state index contributed by atoms with van der Waals surface area (Å²) in [6, 6.07) is 0. The van der Waals surface area contributed by atoms with Gasteiger partial charge in [0.15, 0.2) is 0 Å². The van der Waals surface area contributed by atoms with Crippen LogP contribution in [0.15, 0.2) is 11.6 Å². The Morgan fingerprint density at radius 3 is 2.59 bits per heavy atom. The van der Waals surface area contributed by atoms with Crippen molar-refractivity contribution in [1.82, 2.24) is 0 Å². The molecule has 3 saturated carbocycles. The molecule has 1 heteroatoms. The first kappa shape index (κ1) is 22.5. The van der Waals surface area contributed by atoms with E-state index in [2.05, 4.69) is 56.7 Å². The van der Waals surface area contributed by atoms with E-state index in [1.807, 2.05) is 5.57 Å². The first-order valence-electron chi connectivity index (χ1n) is 13.0. The zero-order chi connectivity index (χ0) is 20.8. The van der Waals surface area contributed by atoms with E-state index in [1.165, 1.54) is 77.0 Å². The summed E-state index contributed by atoms with van der Waals surface area (Å²) < 4.78 is 0. The van der Waals surface area contributed by atoms with E-state index < -0.39 is 0 Å². The second kappa shape index (κ2) is 8.65. The molecular weight excluding hydrogens is 415 g/mol. The van der Waals surface area contributed by atoms with Crippen LogP contribution in [0.1, 0.15) is 112 Å². The first-order valence-corrected chi connectivity index (χ1v) is 14.0. The average Bonchev–Trinajstić information content (AvgIpc) is 3.04. The van der Waals surface area contributed by atoms with Crippen LogP contribution in [-0.2, 0) is 0 Å². The molecule has 0 N–H and O–H groups in total. The van der Waals surface area contributed by atoms with Crippen LogP contribution in [0, 0.1) is 51.2 Å². The second-order valence-electron chi connectivity index (χ2n) is 12.1. The minimum atomic E-state index is 0.564. The van der Waals surface area contributed by atoms with Crippen molar-refractivity contribution in [3.8, 4) is 0 Å². The van der Waals surface area contributed by atoms with Crippen LogP contribution in [0.2, 0.25) is 0 Å². The summed E-state index contributed by atoms with van der Waals surface area (Å²) in [7, 11) is 0. The Morgan fingerprint density at radius 1 is 1.07 bits per heavy atom. The van der Waals surface area contributed by atoms with Crippen molar-refractivity contribution in [2.45, 2.75) is 112 Å². The average molecular weight is 463 g/mol. The van der Waals surface area contributed by atoms with Crippen molar-refractivity contribution < 1.29 is 0 Å². The van der Waals surface area contributed by atoms with Crippen LogP contribution in [0.3, 0.4) is 0 Å². The first-order chi connectivity index (χ1) is 13.8. The maximum absolute atomic E-state index is 2.90. The number of hydrogen-bond acceptors (Lipinski definition) is 0. The number of fused-ring (bicyclic) bond motifs is 5. The summed E-state index contributed by atoms with van der Waals surface area (Å²) in [5, 5.41) is 0. The second-order valence-corrected chi connectivity index (χ2v) is 13.5. The predicted octanol–water partition coefficient (Wildman–Crippen LogP) is 7.85. The molecule has 0 aromatic heterocycles. The Balaban J connectivity index is 1.51. The fourth-order valence-electron chi connectivity index (χ4n) is 8.98. The Bertz CT molecular complexity index is 605. The van der Waals surface area contributed by atoms with Gasteiger partial charge in [0.25, 0.3) is 0 Å². The zero-order valence-electron chi connectivity index (χ0n) is 20.0. The summed E-state index contributed by atoms with van der Waals surface area (Å²) in [4.78, 5) is 1.68. The van der Waals surface area contributed by atoms with Gasteiger partial charge in [0.05, 0.1) is 0 Å². The Kier molecular flexibility index (Phi) is 6.70. The third-order valence-electron chi connectivity index (χ3n) is 10.5. The summed E-state index contributed by atoms with van der Waals surface area (Å²) in [5.41, 5.74) is 3.05. The van der Waals surface area contributed by atoms with Crippen molar-refractivity contribution in [3.05, 3.63) is 16.5 Å². The molecule has 0 spiro atoms. The zero-order valence-corrected chi connectivity index (χ0v) is 21.9. The summed E-state index contributed by atoms with van der Waals surface area (Å²) in [5.74, 6) is 5.76. The van der Waals surface area contributed by atoms with Crippen LogP contribution in [0.4, 0.5) is 0 Å². The molecule has 0 unspecified atom stereocenters. The van der Waals surface area contributed by atoms with Gasteiger partial charge in [-0.25, -0.2) is 0 Å². The van der Waals surface area contributed by atoms with Crippen molar-refractivity contribution in [1.29, 1.82) is 0 Å². The number of rotatable bonds is 6. The quantitative estimate of drug-likeness (QED) is 0.278. The van der Waals surface area contributed by atoms with Crippen molar-refractivity contribution in [3.63, 3.8) is 0 Å². The van der Waals surface area contributed by atoms with E-state index in [9.17, 15) is 0 Å². The molecule has 0 saturated heterocycles. The number of hydrogen-bond donors (Lipinski definition) is 0. The molecule has 0 amide bonds. The summed E-state index contributed by atoms with van der Waals surface area (Å²) >= 11 is 2.90. The van der Waals surface area contributed by atoms with Crippen molar-refractivity contribution in [2.75, 3.05) is 0 Å². The van der Waals surface area contributed by atoms with E-state index in [0.717, 1.165) is 35.5 Å². The molecule has 4 aliphatic carbocycles. The molecule has 0 aromatic rings. The monoisotopic (exact) mass is 463 g/mol. The molecule has 0 aliphatic heterocycles. The van der Waals surface area contributed by atoms with Gasteiger partial charge < -0.3 is 0 Å². The van der Waals surface area contributed by atoms with Gasteiger partial charge in [0.2, 0.25) is 0 Å². The van der Waals surface area contributed by atoms with Crippen LogP contribution >= 0.6 is 0 Å². The Labute approximate surface area is 190 Å². The van der Waals surface area contributed by atoms with E-state index in [4.69, 9.17) is 0 Å². The van der Waals surface area contributed by atoms with Gasteiger partial charge in [-0.05, 0) is 5.92 Å². The molecule has 29 heavy (non-hydrogen) atoms. The van der Waals surface area contributed by atoms with Crippen molar-refractivity contribution in [2.24, 2.45) is 46.3 Å². The molecular formula is C28H47Se. The van der Waals surface area contributed by atoms with Gasteiger partial charge >= 0.3 is 164 Å². The summed E-state index contributed by atoms with van der Waals surface area (Å²) in [6.45, 7) is 12.6.